The Morgan fingerprint density at radius 2 is 2.50 bits per heavy atom. The van der Waals surface area contributed by atoms with Gasteiger partial charge in [-0.1, -0.05) is 6.92 Å². The third kappa shape index (κ3) is 2.44. The molecule has 0 radical (unpaired) electrons. The highest BCUT2D eigenvalue weighted by molar-refractivity contribution is 5.83. The van der Waals surface area contributed by atoms with E-state index in [0.29, 0.717) is 0 Å². The summed E-state index contributed by atoms with van der Waals surface area (Å²) in [6.07, 6.45) is 3.39. The van der Waals surface area contributed by atoms with Crippen LogP contribution in [0.25, 0.3) is 0 Å². The fourth-order valence-corrected chi connectivity index (χ4v) is 2.10. The summed E-state index contributed by atoms with van der Waals surface area (Å²) < 4.78 is 5.25. The van der Waals surface area contributed by atoms with E-state index < -0.39 is 0 Å². The van der Waals surface area contributed by atoms with Gasteiger partial charge in [-0.3, -0.25) is 4.79 Å². The molecular formula is C12H18N2O2. The Balaban J connectivity index is 1.81. The quantitative estimate of drug-likeness (QED) is 0.809. The summed E-state index contributed by atoms with van der Waals surface area (Å²) in [5, 5.41) is 3.20. The Morgan fingerprint density at radius 1 is 1.62 bits per heavy atom. The number of furan rings is 1. The fourth-order valence-electron chi connectivity index (χ4n) is 2.10. The van der Waals surface area contributed by atoms with Crippen LogP contribution in [0.5, 0.6) is 0 Å². The minimum atomic E-state index is 0.0293. The van der Waals surface area contributed by atoms with Crippen molar-refractivity contribution in [3.05, 3.63) is 24.2 Å². The average Bonchev–Trinajstić information content (AvgIpc) is 2.89. The monoisotopic (exact) mass is 222 g/mol. The predicted molar refractivity (Wildman–Crippen MR) is 61.1 cm³/mol. The van der Waals surface area contributed by atoms with Crippen molar-refractivity contribution < 1.29 is 9.21 Å². The highest BCUT2D eigenvalue weighted by Gasteiger charge is 2.30. The van der Waals surface area contributed by atoms with Crippen LogP contribution in [-0.2, 0) is 11.2 Å². The predicted octanol–water partition coefficient (Wildman–Crippen LogP) is 1.03. The molecule has 0 aromatic carbocycles. The van der Waals surface area contributed by atoms with Crippen LogP contribution >= 0.6 is 0 Å². The molecule has 0 spiro atoms. The summed E-state index contributed by atoms with van der Waals surface area (Å²) in [6.45, 7) is 4.49. The molecule has 1 aromatic heterocycles. The van der Waals surface area contributed by atoms with E-state index in [4.69, 9.17) is 4.42 Å². The lowest BCUT2D eigenvalue weighted by molar-refractivity contribution is -0.129. The Morgan fingerprint density at radius 3 is 3.19 bits per heavy atom. The van der Waals surface area contributed by atoms with E-state index in [1.807, 2.05) is 24.0 Å². The Kier molecular flexibility index (Phi) is 3.62. The van der Waals surface area contributed by atoms with Gasteiger partial charge in [0.05, 0.1) is 12.3 Å². The maximum atomic E-state index is 11.9. The van der Waals surface area contributed by atoms with Crippen LogP contribution in [0.3, 0.4) is 0 Å². The fraction of sp³-hybridized carbons (Fsp3) is 0.583. The molecule has 0 aliphatic carbocycles. The molecule has 16 heavy (non-hydrogen) atoms. The number of nitrogens with one attached hydrogen (secondary N) is 1. The van der Waals surface area contributed by atoms with Gasteiger partial charge >= 0.3 is 0 Å². The van der Waals surface area contributed by atoms with Crippen molar-refractivity contribution in [2.45, 2.75) is 25.8 Å². The first-order valence-corrected chi connectivity index (χ1v) is 5.86. The Labute approximate surface area is 95.6 Å². The summed E-state index contributed by atoms with van der Waals surface area (Å²) in [5.74, 6) is 1.17. The third-order valence-electron chi connectivity index (χ3n) is 2.96. The molecule has 1 amide bonds. The summed E-state index contributed by atoms with van der Waals surface area (Å²) in [7, 11) is 0. The van der Waals surface area contributed by atoms with Crippen molar-refractivity contribution in [1.82, 2.24) is 10.2 Å². The largest absolute Gasteiger partial charge is 0.469 e. The van der Waals surface area contributed by atoms with Crippen LogP contribution in [0, 0.1) is 0 Å². The van der Waals surface area contributed by atoms with Crippen molar-refractivity contribution in [2.75, 3.05) is 19.6 Å². The number of nitrogens with zero attached hydrogens (tertiary/aromatic N) is 1. The number of hydrogen-bond donors (Lipinski definition) is 1. The second-order valence-electron chi connectivity index (χ2n) is 4.05. The molecular weight excluding hydrogens is 204 g/mol. The summed E-state index contributed by atoms with van der Waals surface area (Å²) in [4.78, 5) is 13.8. The smallest absolute Gasteiger partial charge is 0.239 e. The summed E-state index contributed by atoms with van der Waals surface area (Å²) in [5.41, 5.74) is 0. The Bertz CT molecular complexity index is 335. The van der Waals surface area contributed by atoms with Gasteiger partial charge in [-0.25, -0.2) is 0 Å². The van der Waals surface area contributed by atoms with E-state index in [2.05, 4.69) is 5.32 Å². The van der Waals surface area contributed by atoms with Gasteiger partial charge in [-0.05, 0) is 25.1 Å². The lowest BCUT2D eigenvalue weighted by atomic mass is 10.2. The lowest BCUT2D eigenvalue weighted by Gasteiger charge is -2.16. The number of carbonyl (C=O) groups excluding carboxylic acids is 1. The van der Waals surface area contributed by atoms with E-state index in [1.165, 1.54) is 0 Å². The van der Waals surface area contributed by atoms with Gasteiger partial charge < -0.3 is 14.6 Å². The zero-order chi connectivity index (χ0) is 11.4. The van der Waals surface area contributed by atoms with Gasteiger partial charge in [0.15, 0.2) is 0 Å². The first kappa shape index (κ1) is 11.2. The minimum Gasteiger partial charge on any atom is -0.469 e. The molecule has 4 heteroatoms. The van der Waals surface area contributed by atoms with Crippen LogP contribution in [0.15, 0.2) is 22.8 Å². The highest BCUT2D eigenvalue weighted by Crippen LogP contribution is 2.12. The lowest BCUT2D eigenvalue weighted by Crippen LogP contribution is -2.38. The molecule has 1 unspecified atom stereocenters. The van der Waals surface area contributed by atoms with Crippen LogP contribution < -0.4 is 5.32 Å². The number of likely N-dealkylation sites (N-methyl/N-ethyl adjacent to an activating group) is 1. The molecule has 0 saturated carbocycles. The minimum absolute atomic E-state index is 0.0293. The van der Waals surface area contributed by atoms with E-state index in [1.54, 1.807) is 6.26 Å². The van der Waals surface area contributed by atoms with Crippen LogP contribution in [0.4, 0.5) is 0 Å². The van der Waals surface area contributed by atoms with Gasteiger partial charge in [0.1, 0.15) is 5.76 Å². The van der Waals surface area contributed by atoms with Crippen molar-refractivity contribution in [2.24, 2.45) is 0 Å². The molecule has 1 aliphatic rings. The average molecular weight is 222 g/mol. The van der Waals surface area contributed by atoms with Crippen molar-refractivity contribution >= 4 is 5.91 Å². The second kappa shape index (κ2) is 5.16. The maximum absolute atomic E-state index is 11.9. The number of amides is 1. The topological polar surface area (TPSA) is 45.5 Å². The van der Waals surface area contributed by atoms with Gasteiger partial charge in [-0.15, -0.1) is 0 Å². The first-order valence-electron chi connectivity index (χ1n) is 5.86. The van der Waals surface area contributed by atoms with Gasteiger partial charge in [0.2, 0.25) is 5.91 Å². The molecule has 4 nitrogen and oxygen atoms in total. The van der Waals surface area contributed by atoms with Crippen LogP contribution in [-0.4, -0.2) is 36.5 Å². The molecule has 2 rings (SSSR count). The Hall–Kier alpha value is -1.29. The highest BCUT2D eigenvalue weighted by atomic mass is 16.3. The summed E-state index contributed by atoms with van der Waals surface area (Å²) in [6, 6.07) is 3.85. The number of carbonyl (C=O) groups is 1. The zero-order valence-electron chi connectivity index (χ0n) is 9.61. The van der Waals surface area contributed by atoms with Gasteiger partial charge in [0.25, 0.3) is 0 Å². The van der Waals surface area contributed by atoms with Crippen LogP contribution in [0.1, 0.15) is 19.1 Å². The number of hydrogen-bond acceptors (Lipinski definition) is 3. The van der Waals surface area contributed by atoms with Crippen molar-refractivity contribution in [3.63, 3.8) is 0 Å². The van der Waals surface area contributed by atoms with Gasteiger partial charge in [-0.2, -0.15) is 0 Å². The van der Waals surface area contributed by atoms with Crippen molar-refractivity contribution in [1.29, 1.82) is 0 Å². The summed E-state index contributed by atoms with van der Waals surface area (Å²) >= 11 is 0. The SMILES string of the molecule is CCNC1CCN(CCc2ccco2)C1=O. The molecule has 1 aromatic rings. The standard InChI is InChI=1S/C12H18N2O2/c1-2-13-11-6-8-14(12(11)15)7-5-10-4-3-9-16-10/h3-4,9,11,13H,2,5-8H2,1H3. The molecule has 1 aliphatic heterocycles. The molecule has 1 atom stereocenters. The van der Waals surface area contributed by atoms with E-state index >= 15 is 0 Å². The van der Waals surface area contributed by atoms with Crippen LogP contribution in [0.2, 0.25) is 0 Å². The zero-order valence-corrected chi connectivity index (χ0v) is 9.61. The number of likely N-dealkylation sites (tertiary alicyclic amines) is 1. The molecule has 88 valence electrons. The second-order valence-corrected chi connectivity index (χ2v) is 4.05. The van der Waals surface area contributed by atoms with Crippen molar-refractivity contribution in [3.8, 4) is 0 Å². The van der Waals surface area contributed by atoms with E-state index in [9.17, 15) is 4.79 Å². The van der Waals surface area contributed by atoms with E-state index in [0.717, 1.165) is 38.2 Å². The molecule has 1 fully saturated rings. The normalized spacial score (nSPS) is 20.7. The molecule has 1 saturated heterocycles. The number of rotatable bonds is 5. The third-order valence-corrected chi connectivity index (χ3v) is 2.96. The maximum Gasteiger partial charge on any atom is 0.239 e. The molecule has 0 bridgehead atoms. The molecule has 2 heterocycles. The molecule has 1 N–H and O–H groups in total. The van der Waals surface area contributed by atoms with Gasteiger partial charge in [0, 0.05) is 19.5 Å². The van der Waals surface area contributed by atoms with E-state index in [-0.39, 0.29) is 11.9 Å². The first-order chi connectivity index (χ1) is 7.81.